The second-order valence-electron chi connectivity index (χ2n) is 5.48. The third kappa shape index (κ3) is 3.28. The Morgan fingerprint density at radius 1 is 1.50 bits per heavy atom. The van der Waals surface area contributed by atoms with Gasteiger partial charge in [-0.05, 0) is 51.4 Å². The van der Waals surface area contributed by atoms with Crippen LogP contribution in [0.5, 0.6) is 0 Å². The van der Waals surface area contributed by atoms with E-state index in [2.05, 4.69) is 17.1 Å². The van der Waals surface area contributed by atoms with E-state index in [1.165, 1.54) is 24.6 Å². The minimum Gasteiger partial charge on any atom is -0.396 e. The number of benzene rings is 1. The van der Waals surface area contributed by atoms with Gasteiger partial charge < -0.3 is 11.1 Å². The smallest absolute Gasteiger partial charge is 0.241 e. The van der Waals surface area contributed by atoms with Gasteiger partial charge in [-0.3, -0.25) is 9.69 Å². The van der Waals surface area contributed by atoms with Gasteiger partial charge in [0.25, 0.3) is 0 Å². The molecule has 1 saturated heterocycles. The third-order valence-corrected chi connectivity index (χ3v) is 3.99. The number of hydrogen-bond donors (Lipinski definition) is 2. The zero-order valence-electron chi connectivity index (χ0n) is 12.0. The Kier molecular flexibility index (Phi) is 4.60. The van der Waals surface area contributed by atoms with Crippen molar-refractivity contribution in [3.8, 4) is 0 Å². The van der Waals surface area contributed by atoms with Crippen molar-refractivity contribution >= 4 is 17.3 Å². The lowest BCUT2D eigenvalue weighted by atomic mass is 10.0. The number of anilines is 2. The van der Waals surface area contributed by atoms with Gasteiger partial charge in [0.1, 0.15) is 5.82 Å². The molecule has 4 nitrogen and oxygen atoms in total. The number of carbonyl (C=O) groups is 1. The zero-order valence-corrected chi connectivity index (χ0v) is 12.0. The van der Waals surface area contributed by atoms with E-state index in [1.807, 2.05) is 6.92 Å². The summed E-state index contributed by atoms with van der Waals surface area (Å²) in [5, 5.41) is 2.80. The second-order valence-corrected chi connectivity index (χ2v) is 5.48. The molecule has 3 N–H and O–H groups in total. The molecule has 0 aliphatic carbocycles. The van der Waals surface area contributed by atoms with Crippen molar-refractivity contribution in [2.75, 3.05) is 17.6 Å². The topological polar surface area (TPSA) is 58.4 Å². The third-order valence-electron chi connectivity index (χ3n) is 3.99. The first kappa shape index (κ1) is 14.8. The normalized spacial score (nSPS) is 21.4. The van der Waals surface area contributed by atoms with Crippen molar-refractivity contribution in [3.63, 3.8) is 0 Å². The van der Waals surface area contributed by atoms with Crippen LogP contribution >= 0.6 is 0 Å². The van der Waals surface area contributed by atoms with Crippen LogP contribution in [-0.4, -0.2) is 29.4 Å². The molecule has 0 radical (unpaired) electrons. The summed E-state index contributed by atoms with van der Waals surface area (Å²) >= 11 is 0. The molecule has 1 aliphatic rings. The van der Waals surface area contributed by atoms with Crippen molar-refractivity contribution in [2.45, 2.75) is 45.2 Å². The maximum Gasteiger partial charge on any atom is 0.241 e. The number of amides is 1. The molecule has 1 amide bonds. The lowest BCUT2D eigenvalue weighted by molar-refractivity contribution is -0.122. The summed E-state index contributed by atoms with van der Waals surface area (Å²) in [7, 11) is 0. The molecule has 0 saturated carbocycles. The lowest BCUT2D eigenvalue weighted by Gasteiger charge is -2.37. The van der Waals surface area contributed by atoms with Gasteiger partial charge in [-0.25, -0.2) is 4.39 Å². The number of piperidine rings is 1. The first-order chi connectivity index (χ1) is 9.49. The molecule has 0 aromatic heterocycles. The van der Waals surface area contributed by atoms with Crippen LogP contribution in [0.4, 0.5) is 15.8 Å². The minimum absolute atomic E-state index is 0.0433. The fraction of sp³-hybridized carbons (Fsp3) is 0.533. The molecule has 0 spiro atoms. The molecule has 2 atom stereocenters. The number of rotatable bonds is 3. The van der Waals surface area contributed by atoms with E-state index < -0.39 is 5.82 Å². The van der Waals surface area contributed by atoms with Crippen LogP contribution in [0.2, 0.25) is 0 Å². The summed E-state index contributed by atoms with van der Waals surface area (Å²) in [4.78, 5) is 14.5. The van der Waals surface area contributed by atoms with Crippen LogP contribution in [0, 0.1) is 5.82 Å². The lowest BCUT2D eigenvalue weighted by Crippen LogP contribution is -2.48. The SMILES string of the molecule is CC1CCCCN1C(C)C(=O)Nc1ccc(F)c(N)c1. The van der Waals surface area contributed by atoms with E-state index in [0.717, 1.165) is 19.4 Å². The molecule has 1 aromatic carbocycles. The summed E-state index contributed by atoms with van der Waals surface area (Å²) in [6.45, 7) is 5.00. The Morgan fingerprint density at radius 2 is 2.25 bits per heavy atom. The van der Waals surface area contributed by atoms with Gasteiger partial charge in [-0.2, -0.15) is 0 Å². The molecular formula is C15H22FN3O. The minimum atomic E-state index is -0.472. The molecular weight excluding hydrogens is 257 g/mol. The number of halogens is 1. The van der Waals surface area contributed by atoms with Crippen molar-refractivity contribution < 1.29 is 9.18 Å². The first-order valence-electron chi connectivity index (χ1n) is 7.10. The van der Waals surface area contributed by atoms with Crippen LogP contribution in [0.1, 0.15) is 33.1 Å². The Balaban J connectivity index is 2.01. The zero-order chi connectivity index (χ0) is 14.7. The van der Waals surface area contributed by atoms with E-state index in [4.69, 9.17) is 5.73 Å². The van der Waals surface area contributed by atoms with Gasteiger partial charge in [0.15, 0.2) is 0 Å². The van der Waals surface area contributed by atoms with Crippen molar-refractivity contribution in [1.29, 1.82) is 0 Å². The van der Waals surface area contributed by atoms with E-state index in [0.29, 0.717) is 11.7 Å². The summed E-state index contributed by atoms with van der Waals surface area (Å²) < 4.78 is 13.1. The van der Waals surface area contributed by atoms with E-state index in [1.54, 1.807) is 0 Å². The Labute approximate surface area is 119 Å². The van der Waals surface area contributed by atoms with Gasteiger partial charge >= 0.3 is 0 Å². The Morgan fingerprint density at radius 3 is 2.90 bits per heavy atom. The van der Waals surface area contributed by atoms with Crippen LogP contribution in [0.3, 0.4) is 0 Å². The number of hydrogen-bond acceptors (Lipinski definition) is 3. The molecule has 1 fully saturated rings. The maximum atomic E-state index is 13.1. The average molecular weight is 279 g/mol. The molecule has 110 valence electrons. The Hall–Kier alpha value is -1.62. The van der Waals surface area contributed by atoms with Gasteiger partial charge in [-0.15, -0.1) is 0 Å². The molecule has 5 heteroatoms. The number of nitrogens with zero attached hydrogens (tertiary/aromatic N) is 1. The van der Waals surface area contributed by atoms with Gasteiger partial charge in [0.2, 0.25) is 5.91 Å². The highest BCUT2D eigenvalue weighted by atomic mass is 19.1. The fourth-order valence-electron chi connectivity index (χ4n) is 2.71. The largest absolute Gasteiger partial charge is 0.396 e. The summed E-state index contributed by atoms with van der Waals surface area (Å²) in [6.07, 6.45) is 3.48. The quantitative estimate of drug-likeness (QED) is 0.836. The van der Waals surface area contributed by atoms with Crippen LogP contribution in [-0.2, 0) is 4.79 Å². The van der Waals surface area contributed by atoms with Crippen molar-refractivity contribution in [1.82, 2.24) is 4.90 Å². The summed E-state index contributed by atoms with van der Waals surface area (Å²) in [5.74, 6) is -0.551. The molecule has 0 bridgehead atoms. The predicted octanol–water partition coefficient (Wildman–Crippen LogP) is 2.61. The van der Waals surface area contributed by atoms with Crippen LogP contribution < -0.4 is 11.1 Å². The number of nitrogens with two attached hydrogens (primary N) is 1. The second kappa shape index (κ2) is 6.22. The number of carbonyl (C=O) groups excluding carboxylic acids is 1. The maximum absolute atomic E-state index is 13.1. The molecule has 1 aromatic rings. The average Bonchev–Trinajstić information content (AvgIpc) is 2.42. The molecule has 1 aliphatic heterocycles. The van der Waals surface area contributed by atoms with Crippen molar-refractivity contribution in [2.24, 2.45) is 0 Å². The number of nitrogen functional groups attached to an aromatic ring is 1. The van der Waals surface area contributed by atoms with Gasteiger partial charge in [-0.1, -0.05) is 6.42 Å². The molecule has 20 heavy (non-hydrogen) atoms. The summed E-state index contributed by atoms with van der Waals surface area (Å²) in [5.41, 5.74) is 6.08. The molecule has 2 unspecified atom stereocenters. The number of nitrogens with one attached hydrogen (secondary N) is 1. The summed E-state index contributed by atoms with van der Waals surface area (Å²) in [6, 6.07) is 4.45. The van der Waals surface area contributed by atoms with E-state index in [-0.39, 0.29) is 17.6 Å². The molecule has 2 rings (SSSR count). The monoisotopic (exact) mass is 279 g/mol. The van der Waals surface area contributed by atoms with Crippen LogP contribution in [0.15, 0.2) is 18.2 Å². The van der Waals surface area contributed by atoms with Crippen molar-refractivity contribution in [3.05, 3.63) is 24.0 Å². The van der Waals surface area contributed by atoms with Gasteiger partial charge in [0, 0.05) is 11.7 Å². The number of likely N-dealkylation sites (tertiary alicyclic amines) is 1. The molecule has 1 heterocycles. The van der Waals surface area contributed by atoms with Crippen LogP contribution in [0.25, 0.3) is 0 Å². The van der Waals surface area contributed by atoms with E-state index in [9.17, 15) is 9.18 Å². The highest BCUT2D eigenvalue weighted by Gasteiger charge is 2.27. The van der Waals surface area contributed by atoms with E-state index >= 15 is 0 Å². The standard InChI is InChI=1S/C15H22FN3O/c1-10-5-3-4-8-19(10)11(2)15(20)18-12-6-7-13(16)14(17)9-12/h6-7,9-11H,3-5,8,17H2,1-2H3,(H,18,20). The predicted molar refractivity (Wildman–Crippen MR) is 78.9 cm³/mol. The highest BCUT2D eigenvalue weighted by molar-refractivity contribution is 5.94. The highest BCUT2D eigenvalue weighted by Crippen LogP contribution is 2.21. The van der Waals surface area contributed by atoms with Gasteiger partial charge in [0.05, 0.1) is 11.7 Å². The first-order valence-corrected chi connectivity index (χ1v) is 7.10. The fourth-order valence-corrected chi connectivity index (χ4v) is 2.71. The Bertz CT molecular complexity index is 492.